The minimum Gasteiger partial charge on any atom is -0.355 e. The molecule has 0 atom stereocenters. The second-order valence-corrected chi connectivity index (χ2v) is 5.76. The number of hydrogen-bond donors (Lipinski definition) is 0. The highest BCUT2D eigenvalue weighted by Gasteiger charge is 2.27. The highest BCUT2D eigenvalue weighted by molar-refractivity contribution is 6.09. The zero-order chi connectivity index (χ0) is 16.5. The van der Waals surface area contributed by atoms with Gasteiger partial charge in [-0.15, -0.1) is 0 Å². The largest absolute Gasteiger partial charge is 0.355 e. The summed E-state index contributed by atoms with van der Waals surface area (Å²) in [5.41, 5.74) is 3.11. The highest BCUT2D eigenvalue weighted by atomic mass is 19.1. The van der Waals surface area contributed by atoms with Gasteiger partial charge >= 0.3 is 0 Å². The second kappa shape index (κ2) is 5.92. The topological polar surface area (TPSA) is 46.3 Å². The van der Waals surface area contributed by atoms with Gasteiger partial charge in [-0.25, -0.2) is 4.39 Å². The Labute approximate surface area is 138 Å². The Hall–Kier alpha value is -2.95. The van der Waals surface area contributed by atoms with Crippen LogP contribution < -0.4 is 4.90 Å². The Balaban J connectivity index is 1.72. The fourth-order valence-electron chi connectivity index (χ4n) is 3.09. The van der Waals surface area contributed by atoms with Crippen LogP contribution in [0.25, 0.3) is 11.3 Å². The SMILES string of the molecule is O=C(c1cnoc1-c1ccc(F)cc1)N1CCCc2ccccc21. The van der Waals surface area contributed by atoms with Crippen LogP contribution >= 0.6 is 0 Å². The molecule has 4 nitrogen and oxygen atoms in total. The number of amides is 1. The van der Waals surface area contributed by atoms with E-state index in [1.54, 1.807) is 17.0 Å². The third-order valence-electron chi connectivity index (χ3n) is 4.26. The molecule has 5 heteroatoms. The average Bonchev–Trinajstić information content (AvgIpc) is 3.11. The summed E-state index contributed by atoms with van der Waals surface area (Å²) in [5.74, 6) is -0.123. The minimum atomic E-state index is -0.337. The summed E-state index contributed by atoms with van der Waals surface area (Å²) in [4.78, 5) is 14.8. The van der Waals surface area contributed by atoms with Crippen LogP contribution in [0.2, 0.25) is 0 Å². The maximum absolute atomic E-state index is 13.1. The smallest absolute Gasteiger partial charge is 0.263 e. The first-order chi connectivity index (χ1) is 11.7. The molecule has 1 aromatic heterocycles. The number of fused-ring (bicyclic) bond motifs is 1. The summed E-state index contributed by atoms with van der Waals surface area (Å²) in [6.45, 7) is 0.657. The van der Waals surface area contributed by atoms with E-state index in [9.17, 15) is 9.18 Å². The number of aromatic nitrogens is 1. The summed E-state index contributed by atoms with van der Waals surface area (Å²) < 4.78 is 18.4. The van der Waals surface area contributed by atoms with E-state index in [1.807, 2.05) is 24.3 Å². The van der Waals surface area contributed by atoms with Gasteiger partial charge in [-0.2, -0.15) is 0 Å². The molecule has 24 heavy (non-hydrogen) atoms. The van der Waals surface area contributed by atoms with Gasteiger partial charge in [0, 0.05) is 17.8 Å². The van der Waals surface area contributed by atoms with Crippen molar-refractivity contribution in [1.29, 1.82) is 0 Å². The molecular formula is C19H15FN2O2. The number of halogens is 1. The summed E-state index contributed by atoms with van der Waals surface area (Å²) in [6.07, 6.45) is 3.31. The zero-order valence-electron chi connectivity index (χ0n) is 12.9. The van der Waals surface area contributed by atoms with Gasteiger partial charge in [-0.3, -0.25) is 4.79 Å². The number of rotatable bonds is 2. The third kappa shape index (κ3) is 2.48. The third-order valence-corrected chi connectivity index (χ3v) is 4.26. The first-order valence-electron chi connectivity index (χ1n) is 7.84. The van der Waals surface area contributed by atoms with Gasteiger partial charge in [0.05, 0.1) is 6.20 Å². The van der Waals surface area contributed by atoms with Crippen LogP contribution in [0.4, 0.5) is 10.1 Å². The Morgan fingerprint density at radius 2 is 1.92 bits per heavy atom. The first kappa shape index (κ1) is 14.6. The molecule has 0 bridgehead atoms. The van der Waals surface area contributed by atoms with Crippen LogP contribution in [-0.4, -0.2) is 17.6 Å². The van der Waals surface area contributed by atoms with Crippen LogP contribution in [-0.2, 0) is 6.42 Å². The van der Waals surface area contributed by atoms with Crippen LogP contribution in [0.5, 0.6) is 0 Å². The van der Waals surface area contributed by atoms with Crippen molar-refractivity contribution in [2.24, 2.45) is 0 Å². The molecular weight excluding hydrogens is 307 g/mol. The van der Waals surface area contributed by atoms with Crippen molar-refractivity contribution in [1.82, 2.24) is 5.16 Å². The lowest BCUT2D eigenvalue weighted by Gasteiger charge is -2.29. The Bertz CT molecular complexity index is 886. The lowest BCUT2D eigenvalue weighted by atomic mass is 10.0. The quantitative estimate of drug-likeness (QED) is 0.714. The molecule has 2 heterocycles. The lowest BCUT2D eigenvalue weighted by Crippen LogP contribution is -2.35. The maximum Gasteiger partial charge on any atom is 0.263 e. The molecule has 0 radical (unpaired) electrons. The molecule has 1 aliphatic rings. The number of para-hydroxylation sites is 1. The van der Waals surface area contributed by atoms with E-state index in [4.69, 9.17) is 4.52 Å². The van der Waals surface area contributed by atoms with E-state index in [0.29, 0.717) is 23.4 Å². The summed E-state index contributed by atoms with van der Waals surface area (Å²) in [6, 6.07) is 13.7. The Morgan fingerprint density at radius 3 is 2.75 bits per heavy atom. The standard InChI is InChI=1S/C19H15FN2O2/c20-15-9-7-14(8-10-15)18-16(12-21-24-18)19(23)22-11-3-5-13-4-1-2-6-17(13)22/h1-2,4,6-10,12H,3,5,11H2. The van der Waals surface area contributed by atoms with E-state index in [-0.39, 0.29) is 11.7 Å². The highest BCUT2D eigenvalue weighted by Crippen LogP contribution is 2.31. The van der Waals surface area contributed by atoms with Gasteiger partial charge in [0.15, 0.2) is 5.76 Å². The van der Waals surface area contributed by atoms with E-state index >= 15 is 0 Å². The van der Waals surface area contributed by atoms with Crippen molar-refractivity contribution < 1.29 is 13.7 Å². The van der Waals surface area contributed by atoms with Crippen molar-refractivity contribution >= 4 is 11.6 Å². The summed E-state index contributed by atoms with van der Waals surface area (Å²) >= 11 is 0. The maximum atomic E-state index is 13.1. The van der Waals surface area contributed by atoms with Crippen molar-refractivity contribution in [2.75, 3.05) is 11.4 Å². The normalized spacial score (nSPS) is 13.6. The fourth-order valence-corrected chi connectivity index (χ4v) is 3.09. The fraction of sp³-hybridized carbons (Fsp3) is 0.158. The van der Waals surface area contributed by atoms with Gasteiger partial charge in [0.25, 0.3) is 5.91 Å². The van der Waals surface area contributed by atoms with Gasteiger partial charge in [-0.1, -0.05) is 23.4 Å². The zero-order valence-corrected chi connectivity index (χ0v) is 12.9. The predicted octanol–water partition coefficient (Wildman–Crippen LogP) is 4.07. The number of nitrogens with zero attached hydrogens (tertiary/aromatic N) is 2. The molecule has 0 aliphatic carbocycles. The van der Waals surface area contributed by atoms with E-state index < -0.39 is 0 Å². The first-order valence-corrected chi connectivity index (χ1v) is 7.84. The molecule has 0 spiro atoms. The number of anilines is 1. The van der Waals surface area contributed by atoms with Gasteiger partial charge in [-0.05, 0) is 48.7 Å². The van der Waals surface area contributed by atoms with E-state index in [2.05, 4.69) is 5.16 Å². The number of aryl methyl sites for hydroxylation is 1. The van der Waals surface area contributed by atoms with Crippen LogP contribution in [0, 0.1) is 5.82 Å². The number of carbonyl (C=O) groups excluding carboxylic acids is 1. The van der Waals surface area contributed by atoms with Crippen LogP contribution in [0.15, 0.2) is 59.3 Å². The average molecular weight is 322 g/mol. The molecule has 3 aromatic rings. The number of benzene rings is 2. The molecule has 1 amide bonds. The molecule has 0 saturated carbocycles. The predicted molar refractivity (Wildman–Crippen MR) is 88.3 cm³/mol. The van der Waals surface area contributed by atoms with E-state index in [0.717, 1.165) is 24.1 Å². The van der Waals surface area contributed by atoms with Gasteiger partial charge < -0.3 is 9.42 Å². The summed E-state index contributed by atoms with van der Waals surface area (Å²) in [7, 11) is 0. The monoisotopic (exact) mass is 322 g/mol. The Morgan fingerprint density at radius 1 is 1.12 bits per heavy atom. The van der Waals surface area contributed by atoms with Crippen molar-refractivity contribution in [3.63, 3.8) is 0 Å². The molecule has 4 rings (SSSR count). The van der Waals surface area contributed by atoms with Gasteiger partial charge in [0.2, 0.25) is 0 Å². The molecule has 0 unspecified atom stereocenters. The molecule has 1 aliphatic heterocycles. The van der Waals surface area contributed by atoms with Gasteiger partial charge in [0.1, 0.15) is 11.4 Å². The number of carbonyl (C=O) groups is 1. The number of hydrogen-bond acceptors (Lipinski definition) is 3. The van der Waals surface area contributed by atoms with Crippen molar-refractivity contribution in [3.05, 3.63) is 71.7 Å². The van der Waals surface area contributed by atoms with Crippen LogP contribution in [0.1, 0.15) is 22.3 Å². The lowest BCUT2D eigenvalue weighted by molar-refractivity contribution is 0.0985. The van der Waals surface area contributed by atoms with Crippen molar-refractivity contribution in [2.45, 2.75) is 12.8 Å². The molecule has 120 valence electrons. The second-order valence-electron chi connectivity index (χ2n) is 5.76. The molecule has 0 saturated heterocycles. The summed E-state index contributed by atoms with van der Waals surface area (Å²) in [5, 5.41) is 3.78. The van der Waals surface area contributed by atoms with Crippen molar-refractivity contribution in [3.8, 4) is 11.3 Å². The Kier molecular flexibility index (Phi) is 3.61. The van der Waals surface area contributed by atoms with Crippen LogP contribution in [0.3, 0.4) is 0 Å². The van der Waals surface area contributed by atoms with E-state index in [1.165, 1.54) is 18.3 Å². The minimum absolute atomic E-state index is 0.150. The molecule has 2 aromatic carbocycles. The molecule has 0 fully saturated rings. The molecule has 0 N–H and O–H groups in total.